The average molecular weight is 272 g/mol. The molecule has 2 aromatic rings. The van der Waals surface area contributed by atoms with Gasteiger partial charge >= 0.3 is 0 Å². The van der Waals surface area contributed by atoms with E-state index in [0.29, 0.717) is 12.5 Å². The molecular weight excluding hydrogens is 252 g/mol. The van der Waals surface area contributed by atoms with E-state index in [4.69, 9.17) is 9.47 Å². The quantitative estimate of drug-likeness (QED) is 0.838. The van der Waals surface area contributed by atoms with Gasteiger partial charge in [0.05, 0.1) is 12.6 Å². The van der Waals surface area contributed by atoms with Crippen molar-refractivity contribution in [1.29, 1.82) is 0 Å². The molecule has 0 spiro atoms. The molecular formula is C16H20N2O2. The van der Waals surface area contributed by atoms with Crippen molar-refractivity contribution in [2.75, 3.05) is 33.4 Å². The Morgan fingerprint density at radius 2 is 2.15 bits per heavy atom. The molecule has 1 aliphatic rings. The number of nitrogens with zero attached hydrogens (tertiary/aromatic N) is 2. The van der Waals surface area contributed by atoms with Crippen molar-refractivity contribution in [3.8, 4) is 11.6 Å². The van der Waals surface area contributed by atoms with Crippen molar-refractivity contribution in [2.24, 2.45) is 0 Å². The molecule has 1 aromatic carbocycles. The highest BCUT2D eigenvalue weighted by Crippen LogP contribution is 2.29. The van der Waals surface area contributed by atoms with E-state index in [1.54, 1.807) is 7.11 Å². The summed E-state index contributed by atoms with van der Waals surface area (Å²) >= 11 is 0. The van der Waals surface area contributed by atoms with Gasteiger partial charge in [-0.3, -0.25) is 4.90 Å². The number of rotatable bonds is 5. The van der Waals surface area contributed by atoms with Gasteiger partial charge in [0.25, 0.3) is 0 Å². The normalized spacial score (nSPS) is 15.1. The van der Waals surface area contributed by atoms with Gasteiger partial charge in [-0.05, 0) is 38.1 Å². The Morgan fingerprint density at radius 3 is 2.85 bits per heavy atom. The predicted octanol–water partition coefficient (Wildman–Crippen LogP) is 2.64. The topological polar surface area (TPSA) is 34.6 Å². The number of hydrogen-bond acceptors (Lipinski definition) is 4. The van der Waals surface area contributed by atoms with Crippen molar-refractivity contribution < 1.29 is 9.47 Å². The lowest BCUT2D eigenvalue weighted by atomic mass is 10.1. The number of likely N-dealkylation sites (tertiary alicyclic amines) is 1. The lowest BCUT2D eigenvalue weighted by Crippen LogP contribution is -2.39. The molecule has 1 saturated heterocycles. The third-order valence-electron chi connectivity index (χ3n) is 3.81. The Kier molecular flexibility index (Phi) is 3.74. The number of pyridine rings is 1. The van der Waals surface area contributed by atoms with Crippen LogP contribution in [0.4, 0.5) is 0 Å². The number of aryl methyl sites for hydroxylation is 1. The van der Waals surface area contributed by atoms with Crippen LogP contribution >= 0.6 is 0 Å². The molecule has 20 heavy (non-hydrogen) atoms. The highest BCUT2D eigenvalue weighted by molar-refractivity contribution is 5.88. The van der Waals surface area contributed by atoms with Crippen LogP contribution in [0.3, 0.4) is 0 Å². The fraction of sp³-hybridized carbons (Fsp3) is 0.438. The molecule has 0 atom stereocenters. The first-order chi connectivity index (χ1) is 9.78. The van der Waals surface area contributed by atoms with Crippen LogP contribution in [0.2, 0.25) is 0 Å². The maximum absolute atomic E-state index is 5.79. The Balaban J connectivity index is 1.81. The fourth-order valence-electron chi connectivity index (χ4n) is 2.47. The molecule has 0 amide bonds. The first-order valence-electron chi connectivity index (χ1n) is 7.07. The van der Waals surface area contributed by atoms with Gasteiger partial charge in [0.2, 0.25) is 5.88 Å². The molecule has 1 aliphatic heterocycles. The monoisotopic (exact) mass is 272 g/mol. The van der Waals surface area contributed by atoms with E-state index in [0.717, 1.165) is 28.8 Å². The molecule has 0 saturated carbocycles. The lowest BCUT2D eigenvalue weighted by Gasteiger charge is -2.30. The molecule has 0 aliphatic carbocycles. The van der Waals surface area contributed by atoms with Gasteiger partial charge < -0.3 is 9.47 Å². The minimum atomic E-state index is 0.643. The summed E-state index contributed by atoms with van der Waals surface area (Å²) in [6, 6.07) is 7.97. The van der Waals surface area contributed by atoms with Gasteiger partial charge in [-0.25, -0.2) is 4.98 Å². The Bertz CT molecular complexity index is 609. The van der Waals surface area contributed by atoms with Crippen molar-refractivity contribution in [3.05, 3.63) is 29.8 Å². The zero-order valence-corrected chi connectivity index (χ0v) is 12.1. The van der Waals surface area contributed by atoms with E-state index in [-0.39, 0.29) is 0 Å². The number of fused-ring (bicyclic) bond motifs is 1. The number of ether oxygens (including phenoxy) is 2. The maximum Gasteiger partial charge on any atom is 0.217 e. The summed E-state index contributed by atoms with van der Waals surface area (Å²) in [5, 5.41) is 1.03. The zero-order chi connectivity index (χ0) is 13.9. The van der Waals surface area contributed by atoms with Crippen LogP contribution in [0, 0.1) is 6.92 Å². The fourth-order valence-corrected chi connectivity index (χ4v) is 2.47. The third-order valence-corrected chi connectivity index (χ3v) is 3.81. The second-order valence-electron chi connectivity index (χ2n) is 5.18. The predicted molar refractivity (Wildman–Crippen MR) is 79.6 cm³/mol. The number of para-hydroxylation sites is 1. The molecule has 3 rings (SSSR count). The van der Waals surface area contributed by atoms with Gasteiger partial charge in [0.1, 0.15) is 12.4 Å². The van der Waals surface area contributed by atoms with Crippen LogP contribution < -0.4 is 9.47 Å². The summed E-state index contributed by atoms with van der Waals surface area (Å²) in [6.45, 7) is 6.08. The largest absolute Gasteiger partial charge is 0.496 e. The van der Waals surface area contributed by atoms with Crippen LogP contribution in [-0.2, 0) is 0 Å². The van der Waals surface area contributed by atoms with Gasteiger partial charge in [-0.1, -0.05) is 12.1 Å². The van der Waals surface area contributed by atoms with Gasteiger partial charge in [-0.2, -0.15) is 0 Å². The first-order valence-corrected chi connectivity index (χ1v) is 7.07. The van der Waals surface area contributed by atoms with Crippen molar-refractivity contribution >= 4 is 10.9 Å². The Morgan fingerprint density at radius 1 is 1.30 bits per heavy atom. The molecule has 4 nitrogen and oxygen atoms in total. The highest BCUT2D eigenvalue weighted by Gasteiger charge is 2.13. The van der Waals surface area contributed by atoms with Crippen LogP contribution in [0.25, 0.3) is 10.9 Å². The van der Waals surface area contributed by atoms with Crippen LogP contribution in [-0.4, -0.2) is 43.2 Å². The molecule has 1 fully saturated rings. The van der Waals surface area contributed by atoms with Crippen LogP contribution in [0.1, 0.15) is 12.0 Å². The molecule has 0 N–H and O–H groups in total. The molecule has 4 heteroatoms. The minimum absolute atomic E-state index is 0.643. The summed E-state index contributed by atoms with van der Waals surface area (Å²) in [5.74, 6) is 1.46. The summed E-state index contributed by atoms with van der Waals surface area (Å²) in [5.41, 5.74) is 2.08. The molecule has 106 valence electrons. The number of aromatic nitrogens is 1. The number of hydrogen-bond donors (Lipinski definition) is 0. The van der Waals surface area contributed by atoms with Gasteiger partial charge in [0.15, 0.2) is 0 Å². The second kappa shape index (κ2) is 5.67. The maximum atomic E-state index is 5.79. The summed E-state index contributed by atoms with van der Waals surface area (Å²) in [4.78, 5) is 6.98. The smallest absolute Gasteiger partial charge is 0.217 e. The van der Waals surface area contributed by atoms with Crippen molar-refractivity contribution in [1.82, 2.24) is 9.88 Å². The molecule has 0 unspecified atom stereocenters. The molecule has 0 radical (unpaired) electrons. The van der Waals surface area contributed by atoms with E-state index >= 15 is 0 Å². The van der Waals surface area contributed by atoms with Gasteiger partial charge in [-0.15, -0.1) is 0 Å². The summed E-state index contributed by atoms with van der Waals surface area (Å²) in [7, 11) is 1.68. The molecule has 0 bridgehead atoms. The SMILES string of the molecule is COc1cc(OCCN2CCC2)nc2c(C)cccc12. The minimum Gasteiger partial charge on any atom is -0.496 e. The van der Waals surface area contributed by atoms with Crippen LogP contribution in [0.5, 0.6) is 11.6 Å². The summed E-state index contributed by atoms with van der Waals surface area (Å²) < 4.78 is 11.2. The Labute approximate surface area is 119 Å². The average Bonchev–Trinajstić information content (AvgIpc) is 2.41. The number of benzene rings is 1. The summed E-state index contributed by atoms with van der Waals surface area (Å²) in [6.07, 6.45) is 1.31. The van der Waals surface area contributed by atoms with E-state index in [2.05, 4.69) is 22.9 Å². The standard InChI is InChI=1S/C16H20N2O2/c1-12-5-3-6-13-14(19-2)11-15(17-16(12)13)20-10-9-18-7-4-8-18/h3,5-6,11H,4,7-10H2,1-2H3. The number of methoxy groups -OCH3 is 1. The van der Waals surface area contributed by atoms with E-state index in [1.165, 1.54) is 19.5 Å². The zero-order valence-electron chi connectivity index (χ0n) is 12.1. The van der Waals surface area contributed by atoms with E-state index in [9.17, 15) is 0 Å². The molecule has 1 aromatic heterocycles. The van der Waals surface area contributed by atoms with E-state index in [1.807, 2.05) is 18.2 Å². The highest BCUT2D eigenvalue weighted by atomic mass is 16.5. The third kappa shape index (κ3) is 2.56. The van der Waals surface area contributed by atoms with Crippen LogP contribution in [0.15, 0.2) is 24.3 Å². The van der Waals surface area contributed by atoms with Crippen molar-refractivity contribution in [3.63, 3.8) is 0 Å². The van der Waals surface area contributed by atoms with E-state index < -0.39 is 0 Å². The van der Waals surface area contributed by atoms with Crippen molar-refractivity contribution in [2.45, 2.75) is 13.3 Å². The Hall–Kier alpha value is -1.81. The van der Waals surface area contributed by atoms with Gasteiger partial charge in [0, 0.05) is 18.0 Å². The second-order valence-corrected chi connectivity index (χ2v) is 5.18. The first kappa shape index (κ1) is 13.2. The molecule has 2 heterocycles. The lowest BCUT2D eigenvalue weighted by molar-refractivity contribution is 0.145.